The van der Waals surface area contributed by atoms with Gasteiger partial charge in [-0.05, 0) is 18.1 Å². The Morgan fingerprint density at radius 2 is 0.552 bits per heavy atom. The molecule has 0 aliphatic heterocycles. The lowest BCUT2D eigenvalue weighted by molar-refractivity contribution is 0.590. The van der Waals surface area contributed by atoms with Crippen molar-refractivity contribution in [1.29, 1.82) is 0 Å². The minimum Gasteiger partial charge on any atom is -0.202 e. The van der Waals surface area contributed by atoms with Gasteiger partial charge in [0.25, 0.3) is 0 Å². The maximum Gasteiger partial charge on any atom is 0.113 e. The summed E-state index contributed by atoms with van der Waals surface area (Å²) in [6.45, 7) is 6.94. The van der Waals surface area contributed by atoms with Crippen molar-refractivity contribution in [3.8, 4) is 0 Å². The van der Waals surface area contributed by atoms with Crippen molar-refractivity contribution >= 4 is 19.3 Å². The van der Waals surface area contributed by atoms with Crippen LogP contribution in [0.15, 0.2) is 0 Å². The fraction of sp³-hybridized carbons (Fsp3) is 1.00. The van der Waals surface area contributed by atoms with Gasteiger partial charge in [0.2, 0.25) is 0 Å². The van der Waals surface area contributed by atoms with Gasteiger partial charge in [0.15, 0.2) is 0 Å². The fourth-order valence-electron chi connectivity index (χ4n) is 4.61. The summed E-state index contributed by atoms with van der Waals surface area (Å²) in [6, 6.07) is 4.49. The molecule has 0 N–H and O–H groups in total. The number of thiol groups is 1. The van der Waals surface area contributed by atoms with E-state index in [-0.39, 0.29) is 0 Å². The van der Waals surface area contributed by atoms with E-state index in [1.54, 1.807) is 0 Å². The zero-order chi connectivity index (χ0) is 21.5. The van der Waals surface area contributed by atoms with Gasteiger partial charge in [-0.3, -0.25) is 0 Å². The minimum atomic E-state index is -1.28. The summed E-state index contributed by atoms with van der Waals surface area (Å²) >= 11 is 5.43. The van der Waals surface area contributed by atoms with Crippen LogP contribution < -0.4 is 0 Å². The molecule has 0 aliphatic carbocycles. The van der Waals surface area contributed by atoms with E-state index < -0.39 is 7.22 Å². The molecule has 0 fully saturated rings. The molecule has 0 saturated heterocycles. The quantitative estimate of drug-likeness (QED) is 0.0857. The summed E-state index contributed by atoms with van der Waals surface area (Å²) in [5, 5.41) is 0. The third-order valence-electron chi connectivity index (χ3n) is 6.74. The van der Waals surface area contributed by atoms with E-state index >= 15 is 0 Å². The second-order valence-electron chi connectivity index (χ2n) is 9.84. The van der Waals surface area contributed by atoms with E-state index in [1.807, 2.05) is 0 Å². The van der Waals surface area contributed by atoms with Gasteiger partial charge in [0.1, 0.15) is 7.22 Å². The summed E-state index contributed by atoms with van der Waals surface area (Å²) in [7, 11) is -1.28. The predicted octanol–water partition coefficient (Wildman–Crippen LogP) is 11.1. The van der Waals surface area contributed by atoms with Crippen molar-refractivity contribution in [2.24, 2.45) is 0 Å². The van der Waals surface area contributed by atoms with Crippen LogP contribution in [0.1, 0.15) is 156 Å². The Balaban J connectivity index is 4.03. The van der Waals surface area contributed by atoms with Crippen LogP contribution in [0.25, 0.3) is 0 Å². The van der Waals surface area contributed by atoms with Gasteiger partial charge in [0.05, 0.1) is 0 Å². The van der Waals surface area contributed by atoms with Crippen molar-refractivity contribution in [3.05, 3.63) is 0 Å². The molecule has 2 heteroatoms. The van der Waals surface area contributed by atoms with Gasteiger partial charge in [-0.15, -0.1) is 0 Å². The van der Waals surface area contributed by atoms with Gasteiger partial charge in [0, 0.05) is 0 Å². The lowest BCUT2D eigenvalue weighted by atomic mass is 10.1. The summed E-state index contributed by atoms with van der Waals surface area (Å²) in [5.41, 5.74) is 0. The summed E-state index contributed by atoms with van der Waals surface area (Å²) < 4.78 is 0. The van der Waals surface area contributed by atoms with Crippen LogP contribution in [0.2, 0.25) is 18.1 Å². The van der Waals surface area contributed by atoms with Gasteiger partial charge in [-0.25, -0.2) is 12.1 Å². The molecule has 0 aromatic carbocycles. The molecule has 0 atom stereocenters. The Hall–Kier alpha value is 0.567. The van der Waals surface area contributed by atoms with Crippen LogP contribution in [0.5, 0.6) is 0 Å². The Morgan fingerprint density at radius 1 is 0.345 bits per heavy atom. The molecule has 0 aromatic heterocycles. The molecule has 29 heavy (non-hydrogen) atoms. The predicted molar refractivity (Wildman–Crippen MR) is 143 cm³/mol. The zero-order valence-electron chi connectivity index (χ0n) is 20.9. The Morgan fingerprint density at radius 3 is 0.793 bits per heavy atom. The average molecular weight is 443 g/mol. The zero-order valence-corrected chi connectivity index (χ0v) is 22.8. The fourth-order valence-corrected chi connectivity index (χ4v) is 9.51. The van der Waals surface area contributed by atoms with E-state index in [4.69, 9.17) is 12.1 Å². The first kappa shape index (κ1) is 29.6. The largest absolute Gasteiger partial charge is 0.202 e. The molecular formula is C27H58SSi. The minimum absolute atomic E-state index is 1.28. The molecule has 0 nitrogen and oxygen atoms in total. The van der Waals surface area contributed by atoms with E-state index in [0.717, 1.165) is 0 Å². The molecule has 0 amide bonds. The van der Waals surface area contributed by atoms with Crippen molar-refractivity contribution in [2.45, 2.75) is 174 Å². The van der Waals surface area contributed by atoms with Crippen molar-refractivity contribution < 1.29 is 0 Å². The summed E-state index contributed by atoms with van der Waals surface area (Å²) in [6.07, 6.45) is 30.3. The van der Waals surface area contributed by atoms with Crippen molar-refractivity contribution in [1.82, 2.24) is 0 Å². The first-order valence-corrected chi connectivity index (χ1v) is 17.8. The molecule has 0 aromatic rings. The first-order chi connectivity index (χ1) is 14.2. The van der Waals surface area contributed by atoms with Crippen molar-refractivity contribution in [2.75, 3.05) is 0 Å². The maximum atomic E-state index is 5.43. The summed E-state index contributed by atoms with van der Waals surface area (Å²) in [4.78, 5) is 0. The highest BCUT2D eigenvalue weighted by molar-refractivity contribution is 8.14. The number of rotatable bonds is 24. The molecule has 0 saturated carbocycles. The van der Waals surface area contributed by atoms with Crippen LogP contribution >= 0.6 is 12.1 Å². The smallest absolute Gasteiger partial charge is 0.113 e. The van der Waals surface area contributed by atoms with Crippen LogP contribution in [-0.2, 0) is 0 Å². The number of unbranched alkanes of at least 4 members (excludes halogenated alkanes) is 18. The second-order valence-corrected chi connectivity index (χ2v) is 16.6. The molecule has 0 unspecified atom stereocenters. The number of hydrogen-bond acceptors (Lipinski definition) is 1. The Bertz CT molecular complexity index is 259. The standard InChI is InChI=1S/C27H58SSi/c1-4-7-10-13-16-19-22-25-29(28,26-23-20-17-14-11-8-5-2)27-24-21-18-15-12-9-6-3/h28H,4-27H2,1-3H3. The van der Waals surface area contributed by atoms with E-state index in [2.05, 4.69) is 20.8 Å². The van der Waals surface area contributed by atoms with Gasteiger partial charge in [-0.1, -0.05) is 156 Å². The van der Waals surface area contributed by atoms with Crippen LogP contribution in [0.4, 0.5) is 0 Å². The van der Waals surface area contributed by atoms with Crippen LogP contribution in [0.3, 0.4) is 0 Å². The molecule has 0 aliphatic rings. The van der Waals surface area contributed by atoms with E-state index in [1.165, 1.54) is 153 Å². The monoisotopic (exact) mass is 442 g/mol. The Kier molecular flexibility index (Phi) is 23.7. The van der Waals surface area contributed by atoms with E-state index in [0.29, 0.717) is 0 Å². The van der Waals surface area contributed by atoms with Gasteiger partial charge >= 0.3 is 0 Å². The highest BCUT2D eigenvalue weighted by Crippen LogP contribution is 2.32. The third kappa shape index (κ3) is 21.6. The lowest BCUT2D eigenvalue weighted by Gasteiger charge is -2.26. The average Bonchev–Trinajstić information content (AvgIpc) is 2.72. The van der Waals surface area contributed by atoms with Gasteiger partial charge < -0.3 is 0 Å². The highest BCUT2D eigenvalue weighted by Gasteiger charge is 2.26. The molecule has 176 valence electrons. The maximum absolute atomic E-state index is 5.43. The third-order valence-corrected chi connectivity index (χ3v) is 12.6. The molecule has 0 rings (SSSR count). The normalized spacial score (nSPS) is 12.0. The Labute approximate surface area is 192 Å². The second kappa shape index (κ2) is 23.2. The molecule has 0 heterocycles. The lowest BCUT2D eigenvalue weighted by Crippen LogP contribution is -2.26. The molecule has 0 radical (unpaired) electrons. The number of hydrogen-bond donors (Lipinski definition) is 1. The summed E-state index contributed by atoms with van der Waals surface area (Å²) in [5.74, 6) is 0. The van der Waals surface area contributed by atoms with E-state index in [9.17, 15) is 0 Å². The SMILES string of the molecule is CCCCCCCCC[Si](S)(CCCCCCCCC)CCCCCCCCC. The first-order valence-electron chi connectivity index (χ1n) is 13.9. The highest BCUT2D eigenvalue weighted by atomic mass is 32.3. The topological polar surface area (TPSA) is 0 Å². The van der Waals surface area contributed by atoms with Crippen LogP contribution in [0, 0.1) is 0 Å². The molecule has 0 spiro atoms. The molecule has 0 bridgehead atoms. The van der Waals surface area contributed by atoms with Crippen LogP contribution in [-0.4, -0.2) is 7.22 Å². The van der Waals surface area contributed by atoms with Gasteiger partial charge in [-0.2, -0.15) is 0 Å². The van der Waals surface area contributed by atoms with Crippen molar-refractivity contribution in [3.63, 3.8) is 0 Å². The molecular weight excluding hydrogens is 384 g/mol.